The molecule has 0 bridgehead atoms. The molecular weight excluding hydrogens is 475 g/mol. The summed E-state index contributed by atoms with van der Waals surface area (Å²) in [5.74, 6) is -1.77. The topological polar surface area (TPSA) is 76.6 Å². The van der Waals surface area contributed by atoms with Crippen LogP contribution in [0.15, 0.2) is 42.5 Å². The molecule has 0 aliphatic rings. The van der Waals surface area contributed by atoms with Gasteiger partial charge in [-0.1, -0.05) is 30.7 Å². The molecule has 0 unspecified atom stereocenters. The first-order valence-electron chi connectivity index (χ1n) is 9.78. The Bertz CT molecular complexity index is 1230. The fourth-order valence-corrected chi connectivity index (χ4v) is 5.68. The number of aryl methyl sites for hydroxylation is 1. The van der Waals surface area contributed by atoms with Gasteiger partial charge in [-0.15, -0.1) is 11.3 Å². The number of methoxy groups -OCH3 is 1. The van der Waals surface area contributed by atoms with E-state index in [4.69, 9.17) is 16.3 Å². The lowest BCUT2D eigenvalue weighted by atomic mass is 10.2. The molecule has 2 aromatic carbocycles. The summed E-state index contributed by atoms with van der Waals surface area (Å²) in [6.45, 7) is 3.51. The number of hydrogen-bond acceptors (Lipinski definition) is 6. The molecular formula is C22H22ClFN2O4S2. The first-order valence-corrected chi connectivity index (χ1v) is 12.6. The number of carbonyl (C=O) groups excluding carboxylic acids is 1. The molecule has 3 aromatic rings. The van der Waals surface area contributed by atoms with Crippen LogP contribution in [0.25, 0.3) is 10.6 Å². The van der Waals surface area contributed by atoms with Crippen molar-refractivity contribution in [3.8, 4) is 16.3 Å². The van der Waals surface area contributed by atoms with E-state index in [1.165, 1.54) is 30.6 Å². The second-order valence-corrected chi connectivity index (χ2v) is 10.6. The Balaban J connectivity index is 1.96. The molecule has 0 N–H and O–H groups in total. The normalized spacial score (nSPS) is 11.4. The van der Waals surface area contributed by atoms with Crippen LogP contribution in [0.1, 0.15) is 23.9 Å². The van der Waals surface area contributed by atoms with Crippen LogP contribution in [0.4, 0.5) is 10.1 Å². The van der Waals surface area contributed by atoms with Crippen molar-refractivity contribution < 1.29 is 22.3 Å². The third-order valence-corrected chi connectivity index (χ3v) is 7.85. The maximum atomic E-state index is 14.3. The Hall–Kier alpha value is -2.49. The molecule has 10 heteroatoms. The molecule has 6 nitrogen and oxygen atoms in total. The molecule has 1 aromatic heterocycles. The lowest BCUT2D eigenvalue weighted by Gasteiger charge is -2.22. The first-order chi connectivity index (χ1) is 15.2. The van der Waals surface area contributed by atoms with E-state index in [-0.39, 0.29) is 23.6 Å². The number of rotatable bonds is 8. The lowest BCUT2D eigenvalue weighted by Crippen LogP contribution is -2.39. The zero-order valence-electron chi connectivity index (χ0n) is 17.8. The summed E-state index contributed by atoms with van der Waals surface area (Å²) in [5.41, 5.74) is 1.23. The number of carbonyl (C=O) groups is 1. The van der Waals surface area contributed by atoms with Crippen molar-refractivity contribution >= 4 is 44.6 Å². The van der Waals surface area contributed by atoms with E-state index in [1.807, 2.05) is 19.1 Å². The van der Waals surface area contributed by atoms with Gasteiger partial charge in [0.05, 0.1) is 30.7 Å². The van der Waals surface area contributed by atoms with Gasteiger partial charge in [-0.25, -0.2) is 22.1 Å². The standard InChI is InChI=1S/C22H22ClFN2O4S2/c1-4-11-32(28,29)26(17-9-10-20(30-3)18(24)12-17)21(27)13-19-14(2)31-22(25-19)15-5-7-16(23)8-6-15/h5-10,12H,4,11,13H2,1-3H3. The number of anilines is 1. The zero-order valence-corrected chi connectivity index (χ0v) is 20.2. The van der Waals surface area contributed by atoms with Crippen LogP contribution in [-0.4, -0.2) is 32.2 Å². The van der Waals surface area contributed by atoms with Gasteiger partial charge in [0.15, 0.2) is 11.6 Å². The molecule has 0 spiro atoms. The van der Waals surface area contributed by atoms with Crippen molar-refractivity contribution in [1.29, 1.82) is 0 Å². The Morgan fingerprint density at radius 1 is 1.22 bits per heavy atom. The predicted molar refractivity (Wildman–Crippen MR) is 126 cm³/mol. The van der Waals surface area contributed by atoms with Crippen molar-refractivity contribution in [2.45, 2.75) is 26.7 Å². The fourth-order valence-electron chi connectivity index (χ4n) is 3.11. The zero-order chi connectivity index (χ0) is 23.5. The summed E-state index contributed by atoms with van der Waals surface area (Å²) in [6.07, 6.45) is 0.0632. The van der Waals surface area contributed by atoms with Crippen molar-refractivity contribution in [2.24, 2.45) is 0 Å². The largest absolute Gasteiger partial charge is 0.494 e. The summed E-state index contributed by atoms with van der Waals surface area (Å²) in [6, 6.07) is 10.8. The molecule has 0 saturated carbocycles. The van der Waals surface area contributed by atoms with Crippen LogP contribution < -0.4 is 9.04 Å². The summed E-state index contributed by atoms with van der Waals surface area (Å²) in [4.78, 5) is 18.5. The number of thiazole rings is 1. The van der Waals surface area contributed by atoms with Gasteiger partial charge in [0.25, 0.3) is 0 Å². The molecule has 0 radical (unpaired) electrons. The van der Waals surface area contributed by atoms with Crippen molar-refractivity contribution in [3.63, 3.8) is 0 Å². The summed E-state index contributed by atoms with van der Waals surface area (Å²) < 4.78 is 45.6. The Labute approximate surface area is 195 Å². The number of hydrogen-bond donors (Lipinski definition) is 0. The van der Waals surface area contributed by atoms with E-state index in [9.17, 15) is 17.6 Å². The monoisotopic (exact) mass is 496 g/mol. The van der Waals surface area contributed by atoms with Gasteiger partial charge in [0.1, 0.15) is 5.01 Å². The van der Waals surface area contributed by atoms with Crippen LogP contribution in [0.2, 0.25) is 5.02 Å². The summed E-state index contributed by atoms with van der Waals surface area (Å²) in [7, 11) is -2.70. The van der Waals surface area contributed by atoms with Gasteiger partial charge >= 0.3 is 0 Å². The second-order valence-electron chi connectivity index (χ2n) is 7.00. The quantitative estimate of drug-likeness (QED) is 0.426. The number of aromatic nitrogens is 1. The van der Waals surface area contributed by atoms with Crippen LogP contribution in [0.3, 0.4) is 0 Å². The Morgan fingerprint density at radius 3 is 2.50 bits per heavy atom. The molecule has 0 aliphatic heterocycles. The first kappa shape index (κ1) is 24.2. The summed E-state index contributed by atoms with van der Waals surface area (Å²) in [5, 5.41) is 1.29. The molecule has 1 heterocycles. The van der Waals surface area contributed by atoms with Crippen molar-refractivity contribution in [1.82, 2.24) is 4.98 Å². The average molecular weight is 497 g/mol. The van der Waals surface area contributed by atoms with Crippen LogP contribution in [-0.2, 0) is 21.2 Å². The highest BCUT2D eigenvalue weighted by atomic mass is 35.5. The minimum atomic E-state index is -4.01. The number of amides is 1. The molecule has 1 amide bonds. The maximum Gasteiger partial charge on any atom is 0.246 e. The van der Waals surface area contributed by atoms with Crippen LogP contribution in [0.5, 0.6) is 5.75 Å². The van der Waals surface area contributed by atoms with E-state index >= 15 is 0 Å². The number of benzene rings is 2. The van der Waals surface area contributed by atoms with E-state index in [2.05, 4.69) is 4.98 Å². The number of ether oxygens (including phenoxy) is 1. The molecule has 0 atom stereocenters. The van der Waals surface area contributed by atoms with Crippen LogP contribution in [0, 0.1) is 12.7 Å². The van der Waals surface area contributed by atoms with Gasteiger partial charge in [0.2, 0.25) is 15.9 Å². The van der Waals surface area contributed by atoms with E-state index in [0.717, 1.165) is 16.5 Å². The number of sulfonamides is 1. The predicted octanol–water partition coefficient (Wildman–Crippen LogP) is 5.24. The SMILES string of the molecule is CCCS(=O)(=O)N(C(=O)Cc1nc(-c2ccc(Cl)cc2)sc1C)c1ccc(OC)c(F)c1. The van der Waals surface area contributed by atoms with Gasteiger partial charge in [-0.3, -0.25) is 4.79 Å². The van der Waals surface area contributed by atoms with Gasteiger partial charge in [-0.05, 0) is 37.6 Å². The number of nitrogens with zero attached hydrogens (tertiary/aromatic N) is 2. The van der Waals surface area contributed by atoms with Crippen molar-refractivity contribution in [2.75, 3.05) is 17.2 Å². The van der Waals surface area contributed by atoms with Gasteiger partial charge < -0.3 is 4.74 Å². The Morgan fingerprint density at radius 2 is 1.91 bits per heavy atom. The molecule has 0 aliphatic carbocycles. The average Bonchev–Trinajstić information content (AvgIpc) is 3.08. The van der Waals surface area contributed by atoms with Crippen LogP contribution >= 0.6 is 22.9 Å². The lowest BCUT2D eigenvalue weighted by molar-refractivity contribution is -0.116. The van der Waals surface area contributed by atoms with E-state index in [0.29, 0.717) is 26.5 Å². The molecule has 3 rings (SSSR count). The van der Waals surface area contributed by atoms with Gasteiger partial charge in [0, 0.05) is 21.5 Å². The highest BCUT2D eigenvalue weighted by Crippen LogP contribution is 2.31. The number of halogens is 2. The maximum absolute atomic E-state index is 14.3. The molecule has 0 fully saturated rings. The second kappa shape index (κ2) is 9.97. The molecule has 32 heavy (non-hydrogen) atoms. The molecule has 170 valence electrons. The fraction of sp³-hybridized carbons (Fsp3) is 0.273. The minimum absolute atomic E-state index is 0.0445. The third kappa shape index (κ3) is 5.28. The smallest absolute Gasteiger partial charge is 0.246 e. The highest BCUT2D eigenvalue weighted by molar-refractivity contribution is 7.93. The summed E-state index contributed by atoms with van der Waals surface area (Å²) >= 11 is 7.33. The minimum Gasteiger partial charge on any atom is -0.494 e. The van der Waals surface area contributed by atoms with E-state index < -0.39 is 21.7 Å². The Kier molecular flexibility index (Phi) is 7.53. The van der Waals surface area contributed by atoms with Gasteiger partial charge in [-0.2, -0.15) is 0 Å². The molecule has 0 saturated heterocycles. The van der Waals surface area contributed by atoms with Crippen molar-refractivity contribution in [3.05, 3.63) is 63.9 Å². The third-order valence-electron chi connectivity index (χ3n) is 4.64. The van der Waals surface area contributed by atoms with E-state index in [1.54, 1.807) is 19.1 Å². The highest BCUT2D eigenvalue weighted by Gasteiger charge is 2.30.